The second-order valence-corrected chi connectivity index (χ2v) is 11.0. The van der Waals surface area contributed by atoms with Crippen molar-refractivity contribution in [1.29, 1.82) is 0 Å². The Morgan fingerprint density at radius 1 is 1.11 bits per heavy atom. The number of benzene rings is 2. The summed E-state index contributed by atoms with van der Waals surface area (Å²) >= 11 is 6.46. The molecule has 0 N–H and O–H groups in total. The van der Waals surface area contributed by atoms with Crippen LogP contribution in [-0.2, 0) is 9.53 Å². The third kappa shape index (κ3) is 5.62. The lowest BCUT2D eigenvalue weighted by atomic mass is 9.96. The quantitative estimate of drug-likeness (QED) is 0.246. The number of carbonyl (C=O) groups is 1. The fourth-order valence-electron chi connectivity index (χ4n) is 4.24. The van der Waals surface area contributed by atoms with Crippen molar-refractivity contribution in [3.8, 4) is 11.5 Å². The average Bonchev–Trinajstić information content (AvgIpc) is 3.20. The van der Waals surface area contributed by atoms with Crippen molar-refractivity contribution in [3.63, 3.8) is 0 Å². The van der Waals surface area contributed by atoms with E-state index < -0.39 is 12.0 Å². The Morgan fingerprint density at radius 2 is 1.79 bits per heavy atom. The summed E-state index contributed by atoms with van der Waals surface area (Å²) < 4.78 is 19.8. The number of rotatable bonds is 9. The maximum Gasteiger partial charge on any atom is 0.338 e. The molecule has 0 radical (unpaired) electrons. The number of fused-ring (bicyclic) bond motifs is 1. The first-order valence-corrected chi connectivity index (χ1v) is 15.1. The number of esters is 1. The third-order valence-electron chi connectivity index (χ3n) is 5.90. The highest BCUT2D eigenvalue weighted by Gasteiger charge is 2.33. The van der Waals surface area contributed by atoms with Crippen LogP contribution in [0.2, 0.25) is 0 Å². The van der Waals surface area contributed by atoms with Crippen LogP contribution in [0.15, 0.2) is 66.8 Å². The van der Waals surface area contributed by atoms with Crippen molar-refractivity contribution in [3.05, 3.63) is 83.0 Å². The van der Waals surface area contributed by atoms with E-state index in [1.54, 1.807) is 36.3 Å². The number of hydrogen-bond donors (Lipinski definition) is 0. The molecule has 0 amide bonds. The fraction of sp³-hybridized carbons (Fsp3) is 0.321. The minimum Gasteiger partial charge on any atom is -0.493 e. The summed E-state index contributed by atoms with van der Waals surface area (Å²) in [6, 6.07) is 10.9. The third-order valence-corrected chi connectivity index (χ3v) is 8.25. The molecule has 0 bridgehead atoms. The molecule has 2 heterocycles. The molecule has 0 saturated heterocycles. The molecule has 0 unspecified atom stereocenters. The second-order valence-electron chi connectivity index (χ2n) is 8.26. The van der Waals surface area contributed by atoms with Crippen molar-refractivity contribution >= 4 is 51.1 Å². The van der Waals surface area contributed by atoms with Gasteiger partial charge in [-0.3, -0.25) is 9.36 Å². The number of allylic oxidation sites excluding steroid dienone is 1. The summed E-state index contributed by atoms with van der Waals surface area (Å²) in [6.07, 6.45) is 3.80. The number of hydrogen-bond acceptors (Lipinski definition) is 8. The molecule has 1 aliphatic heterocycles. The lowest BCUT2D eigenvalue weighted by molar-refractivity contribution is -0.139. The number of nitrogens with zero attached hydrogens (tertiary/aromatic N) is 2. The number of ether oxygens (including phenoxy) is 3. The Hall–Kier alpha value is -2.82. The lowest BCUT2D eigenvalue weighted by Gasteiger charge is -2.24. The van der Waals surface area contributed by atoms with Gasteiger partial charge in [0.25, 0.3) is 5.56 Å². The van der Waals surface area contributed by atoms with E-state index in [2.05, 4.69) is 20.9 Å². The van der Waals surface area contributed by atoms with Crippen LogP contribution in [0.1, 0.15) is 44.9 Å². The normalized spacial score (nSPS) is 15.2. The predicted octanol–water partition coefficient (Wildman–Crippen LogP) is 5.08. The maximum absolute atomic E-state index is 13.9. The molecule has 7 nitrogen and oxygen atoms in total. The molecule has 10 heteroatoms. The summed E-state index contributed by atoms with van der Waals surface area (Å²) in [4.78, 5) is 33.2. The SMILES string of the molecule is CCOC(=O)C1=C(C)N=c2s/c(=C\c3cc(Br)c(OCC)cc3OCC)c(=O)n2[C@@H]1c1ccc(SC)cc1. The summed E-state index contributed by atoms with van der Waals surface area (Å²) in [5, 5.41) is 0. The zero-order valence-electron chi connectivity index (χ0n) is 21.9. The Morgan fingerprint density at radius 3 is 2.42 bits per heavy atom. The van der Waals surface area contributed by atoms with Gasteiger partial charge < -0.3 is 14.2 Å². The van der Waals surface area contributed by atoms with Gasteiger partial charge in [-0.2, -0.15) is 0 Å². The highest BCUT2D eigenvalue weighted by atomic mass is 79.9. The standard InChI is InChI=1S/C28H29BrN2O5S2/c1-6-34-21-15-22(35-7-2)20(29)13-18(21)14-23-26(32)31-25(17-9-11-19(37-5)12-10-17)24(27(33)36-8-3)16(4)30-28(31)38-23/h9-15,25H,6-8H2,1-5H3/b23-14-/t25-/m1/s1. The predicted molar refractivity (Wildman–Crippen MR) is 155 cm³/mol. The van der Waals surface area contributed by atoms with Gasteiger partial charge in [0.1, 0.15) is 11.5 Å². The molecule has 1 atom stereocenters. The molecule has 4 rings (SSSR count). The Bertz CT molecular complexity index is 1560. The number of thiazole rings is 1. The fourth-order valence-corrected chi connectivity index (χ4v) is 6.17. The summed E-state index contributed by atoms with van der Waals surface area (Å²) in [5.74, 6) is 0.798. The van der Waals surface area contributed by atoms with Crippen LogP contribution in [-0.4, -0.2) is 36.6 Å². The van der Waals surface area contributed by atoms with Gasteiger partial charge in [0.15, 0.2) is 4.80 Å². The van der Waals surface area contributed by atoms with Gasteiger partial charge >= 0.3 is 5.97 Å². The molecule has 1 aliphatic rings. The molecular weight excluding hydrogens is 588 g/mol. The molecular formula is C28H29BrN2O5S2. The van der Waals surface area contributed by atoms with Crippen LogP contribution in [0.4, 0.5) is 0 Å². The molecule has 2 aromatic carbocycles. The Balaban J connectivity index is 1.93. The first kappa shape index (κ1) is 28.2. The van der Waals surface area contributed by atoms with Gasteiger partial charge in [-0.25, -0.2) is 9.79 Å². The topological polar surface area (TPSA) is 79.1 Å². The smallest absolute Gasteiger partial charge is 0.338 e. The van der Waals surface area contributed by atoms with Crippen LogP contribution in [0, 0.1) is 0 Å². The van der Waals surface area contributed by atoms with E-state index in [0.717, 1.165) is 20.5 Å². The number of halogens is 1. The van der Waals surface area contributed by atoms with Crippen molar-refractivity contribution in [2.75, 3.05) is 26.1 Å². The van der Waals surface area contributed by atoms with Crippen molar-refractivity contribution in [1.82, 2.24) is 4.57 Å². The summed E-state index contributed by atoms with van der Waals surface area (Å²) in [6.45, 7) is 8.57. The minimum atomic E-state index is -0.651. The zero-order chi connectivity index (χ0) is 27.4. The van der Waals surface area contributed by atoms with Gasteiger partial charge in [-0.15, -0.1) is 11.8 Å². The lowest BCUT2D eigenvalue weighted by Crippen LogP contribution is -2.39. The molecule has 0 saturated carbocycles. The minimum absolute atomic E-state index is 0.227. The maximum atomic E-state index is 13.9. The van der Waals surface area contributed by atoms with Crippen LogP contribution < -0.4 is 24.4 Å². The van der Waals surface area contributed by atoms with Crippen LogP contribution in [0.25, 0.3) is 6.08 Å². The van der Waals surface area contributed by atoms with Crippen molar-refractivity contribution < 1.29 is 19.0 Å². The van der Waals surface area contributed by atoms with E-state index in [0.29, 0.717) is 45.3 Å². The first-order valence-electron chi connectivity index (χ1n) is 12.3. The number of carbonyl (C=O) groups excluding carboxylic acids is 1. The molecule has 200 valence electrons. The highest BCUT2D eigenvalue weighted by Crippen LogP contribution is 2.34. The molecule has 1 aromatic heterocycles. The Kier molecular flexibility index (Phi) is 9.17. The molecule has 0 spiro atoms. The van der Waals surface area contributed by atoms with Crippen LogP contribution in [0.5, 0.6) is 11.5 Å². The van der Waals surface area contributed by atoms with Gasteiger partial charge in [0, 0.05) is 16.5 Å². The largest absolute Gasteiger partial charge is 0.493 e. The molecule has 0 aliphatic carbocycles. The van der Waals surface area contributed by atoms with Gasteiger partial charge in [-0.05, 0) is 79.7 Å². The number of aromatic nitrogens is 1. The van der Waals surface area contributed by atoms with Crippen molar-refractivity contribution in [2.24, 2.45) is 4.99 Å². The number of thioether (sulfide) groups is 1. The summed E-state index contributed by atoms with van der Waals surface area (Å²) in [7, 11) is 0. The van der Waals surface area contributed by atoms with E-state index in [1.165, 1.54) is 11.3 Å². The van der Waals surface area contributed by atoms with Crippen LogP contribution >= 0.6 is 39.0 Å². The highest BCUT2D eigenvalue weighted by molar-refractivity contribution is 9.10. The van der Waals surface area contributed by atoms with Gasteiger partial charge in [0.05, 0.1) is 46.1 Å². The van der Waals surface area contributed by atoms with Crippen LogP contribution in [0.3, 0.4) is 0 Å². The average molecular weight is 618 g/mol. The second kappa shape index (κ2) is 12.4. The Labute approximate surface area is 238 Å². The van der Waals surface area contributed by atoms with Crippen molar-refractivity contribution in [2.45, 2.75) is 38.6 Å². The van der Waals surface area contributed by atoms with E-state index in [-0.39, 0.29) is 12.2 Å². The zero-order valence-corrected chi connectivity index (χ0v) is 25.1. The first-order chi connectivity index (χ1) is 18.3. The van der Waals surface area contributed by atoms with E-state index in [9.17, 15) is 9.59 Å². The molecule has 0 fully saturated rings. The monoisotopic (exact) mass is 616 g/mol. The van der Waals surface area contributed by atoms with Gasteiger partial charge in [0.2, 0.25) is 0 Å². The molecule has 38 heavy (non-hydrogen) atoms. The van der Waals surface area contributed by atoms with E-state index >= 15 is 0 Å². The summed E-state index contributed by atoms with van der Waals surface area (Å²) in [5.41, 5.74) is 2.20. The molecule has 3 aromatic rings. The van der Waals surface area contributed by atoms with Gasteiger partial charge in [-0.1, -0.05) is 23.5 Å². The van der Waals surface area contributed by atoms with E-state index in [1.807, 2.05) is 56.5 Å². The van der Waals surface area contributed by atoms with E-state index in [4.69, 9.17) is 14.2 Å².